The molecule has 0 aromatic carbocycles. The van der Waals surface area contributed by atoms with Gasteiger partial charge in [0.15, 0.2) is 0 Å². The highest BCUT2D eigenvalue weighted by molar-refractivity contribution is 4.97. The third kappa shape index (κ3) is 9.04. The van der Waals surface area contributed by atoms with Crippen LogP contribution in [0.1, 0.15) is 84.5 Å². The summed E-state index contributed by atoms with van der Waals surface area (Å²) >= 11 is 0. The number of hydrogen-bond acceptors (Lipinski definition) is 4. The summed E-state index contributed by atoms with van der Waals surface area (Å²) < 4.78 is 0. The van der Waals surface area contributed by atoms with Crippen molar-refractivity contribution in [2.45, 2.75) is 109 Å². The lowest BCUT2D eigenvalue weighted by atomic mass is 9.89. The first-order valence-corrected chi connectivity index (χ1v) is 9.77. The van der Waals surface area contributed by atoms with Crippen molar-refractivity contribution in [3.8, 4) is 0 Å². The number of aliphatic hydroxyl groups is 3. The largest absolute Gasteiger partial charge is 0.395 e. The molecule has 1 aliphatic heterocycles. The monoisotopic (exact) mass is 329 g/mol. The molecular weight excluding hydrogens is 290 g/mol. The Balaban J connectivity index is 1.78. The van der Waals surface area contributed by atoms with E-state index in [2.05, 4.69) is 19.2 Å². The Hall–Kier alpha value is -0.160. The Morgan fingerprint density at radius 1 is 0.870 bits per heavy atom. The van der Waals surface area contributed by atoms with Crippen molar-refractivity contribution in [1.82, 2.24) is 5.32 Å². The molecule has 138 valence electrons. The first-order valence-electron chi connectivity index (χ1n) is 9.77. The fourth-order valence-corrected chi connectivity index (χ4v) is 3.52. The van der Waals surface area contributed by atoms with Gasteiger partial charge in [-0.05, 0) is 25.2 Å². The van der Waals surface area contributed by atoms with Crippen molar-refractivity contribution in [3.05, 3.63) is 0 Å². The lowest BCUT2D eigenvalue weighted by Gasteiger charge is -2.42. The second kappa shape index (κ2) is 12.2. The molecule has 0 amide bonds. The Kier molecular flexibility index (Phi) is 11.1. The number of unbranched alkanes of at least 4 members (excludes halogenated alkanes) is 7. The van der Waals surface area contributed by atoms with Gasteiger partial charge in [0.25, 0.3) is 0 Å². The zero-order chi connectivity index (χ0) is 17.1. The van der Waals surface area contributed by atoms with Crippen LogP contribution in [-0.4, -0.2) is 46.2 Å². The van der Waals surface area contributed by atoms with Gasteiger partial charge in [-0.3, -0.25) is 0 Å². The molecule has 1 aliphatic rings. The van der Waals surface area contributed by atoms with E-state index in [0.717, 1.165) is 32.1 Å². The van der Waals surface area contributed by atoms with Crippen molar-refractivity contribution >= 4 is 0 Å². The van der Waals surface area contributed by atoms with Gasteiger partial charge >= 0.3 is 0 Å². The molecule has 0 aromatic heterocycles. The summed E-state index contributed by atoms with van der Waals surface area (Å²) in [7, 11) is 0. The van der Waals surface area contributed by atoms with Crippen molar-refractivity contribution < 1.29 is 15.3 Å². The molecule has 0 radical (unpaired) electrons. The summed E-state index contributed by atoms with van der Waals surface area (Å²) in [5.74, 6) is 0.593. The van der Waals surface area contributed by atoms with Crippen LogP contribution in [0, 0.1) is 5.92 Å². The molecule has 4 N–H and O–H groups in total. The van der Waals surface area contributed by atoms with Crippen LogP contribution < -0.4 is 5.32 Å². The lowest BCUT2D eigenvalue weighted by Crippen LogP contribution is -2.66. The molecule has 0 aromatic rings. The third-order valence-corrected chi connectivity index (χ3v) is 5.00. The summed E-state index contributed by atoms with van der Waals surface area (Å²) in [6.45, 7) is 4.36. The molecule has 0 bridgehead atoms. The van der Waals surface area contributed by atoms with Crippen LogP contribution in [0.25, 0.3) is 0 Å². The Morgan fingerprint density at radius 2 is 1.43 bits per heavy atom. The standard InChI is InChI=1S/C19H39NO3/c1-15(2)13-16(22)11-9-7-5-3-4-6-8-10-12-17-19(23)18(14-21)20-17/h15-23H,3-14H2,1-2H3/t16-,17-,18-,19+/m0/s1. The number of rotatable bonds is 14. The van der Waals surface area contributed by atoms with Gasteiger partial charge in [-0.15, -0.1) is 0 Å². The minimum absolute atomic E-state index is 0.0339. The molecule has 0 unspecified atom stereocenters. The van der Waals surface area contributed by atoms with E-state index in [1.165, 1.54) is 38.5 Å². The molecule has 1 saturated heterocycles. The van der Waals surface area contributed by atoms with E-state index >= 15 is 0 Å². The fraction of sp³-hybridized carbons (Fsp3) is 1.00. The summed E-state index contributed by atoms with van der Waals surface area (Å²) in [6, 6.07) is 0.100. The minimum Gasteiger partial charge on any atom is -0.395 e. The van der Waals surface area contributed by atoms with Gasteiger partial charge in [0.1, 0.15) is 0 Å². The highest BCUT2D eigenvalue weighted by Gasteiger charge is 2.37. The smallest absolute Gasteiger partial charge is 0.0868 e. The fourth-order valence-electron chi connectivity index (χ4n) is 3.52. The van der Waals surface area contributed by atoms with Crippen LogP contribution in [0.4, 0.5) is 0 Å². The maximum atomic E-state index is 9.80. The Bertz CT molecular complexity index is 286. The van der Waals surface area contributed by atoms with Crippen LogP contribution in [0.3, 0.4) is 0 Å². The minimum atomic E-state index is -0.356. The maximum absolute atomic E-state index is 9.80. The normalized spacial score (nSPS) is 25.6. The number of hydrogen-bond donors (Lipinski definition) is 4. The topological polar surface area (TPSA) is 72.7 Å². The molecule has 1 fully saturated rings. The molecule has 0 saturated carbocycles. The SMILES string of the molecule is CC(C)C[C@@H](O)CCCCCCCCCC[C@@H]1N[C@@H](CO)[C@@H]1O. The molecule has 1 heterocycles. The van der Waals surface area contributed by atoms with Crippen LogP contribution in [0.15, 0.2) is 0 Å². The molecule has 4 atom stereocenters. The quantitative estimate of drug-likeness (QED) is 0.370. The zero-order valence-corrected chi connectivity index (χ0v) is 15.2. The highest BCUT2D eigenvalue weighted by atomic mass is 16.3. The summed E-state index contributed by atoms with van der Waals surface area (Å²) in [6.07, 6.45) is 12.4. The lowest BCUT2D eigenvalue weighted by molar-refractivity contribution is -0.0192. The average molecular weight is 330 g/mol. The van der Waals surface area contributed by atoms with Crippen molar-refractivity contribution in [2.75, 3.05) is 6.61 Å². The molecule has 0 aliphatic carbocycles. The molecule has 4 nitrogen and oxygen atoms in total. The molecular formula is C19H39NO3. The van der Waals surface area contributed by atoms with Crippen LogP contribution in [0.2, 0.25) is 0 Å². The third-order valence-electron chi connectivity index (χ3n) is 5.00. The second-order valence-corrected chi connectivity index (χ2v) is 7.74. The summed E-state index contributed by atoms with van der Waals surface area (Å²) in [5.41, 5.74) is 0. The van der Waals surface area contributed by atoms with Crippen molar-refractivity contribution in [1.29, 1.82) is 0 Å². The average Bonchev–Trinajstić information content (AvgIpc) is 2.50. The summed E-state index contributed by atoms with van der Waals surface area (Å²) in [4.78, 5) is 0. The van der Waals surface area contributed by atoms with Gasteiger partial charge in [0, 0.05) is 6.04 Å². The zero-order valence-electron chi connectivity index (χ0n) is 15.2. The van der Waals surface area contributed by atoms with Gasteiger partial charge in [0.2, 0.25) is 0 Å². The second-order valence-electron chi connectivity index (χ2n) is 7.74. The van der Waals surface area contributed by atoms with Crippen LogP contribution >= 0.6 is 0 Å². The number of nitrogens with one attached hydrogen (secondary N) is 1. The first-order chi connectivity index (χ1) is 11.0. The van der Waals surface area contributed by atoms with E-state index < -0.39 is 0 Å². The van der Waals surface area contributed by atoms with E-state index in [4.69, 9.17) is 5.11 Å². The Labute approximate surface area is 142 Å². The highest BCUT2D eigenvalue weighted by Crippen LogP contribution is 2.19. The van der Waals surface area contributed by atoms with Gasteiger partial charge in [-0.25, -0.2) is 0 Å². The van der Waals surface area contributed by atoms with Crippen molar-refractivity contribution in [3.63, 3.8) is 0 Å². The number of aliphatic hydroxyl groups excluding tert-OH is 3. The predicted molar refractivity (Wildman–Crippen MR) is 95.4 cm³/mol. The van der Waals surface area contributed by atoms with Gasteiger partial charge < -0.3 is 20.6 Å². The maximum Gasteiger partial charge on any atom is 0.0868 e. The van der Waals surface area contributed by atoms with Crippen molar-refractivity contribution in [2.24, 2.45) is 5.92 Å². The van der Waals surface area contributed by atoms with Gasteiger partial charge in [-0.2, -0.15) is 0 Å². The predicted octanol–water partition coefficient (Wildman–Crippen LogP) is 2.99. The molecule has 4 heteroatoms. The van der Waals surface area contributed by atoms with E-state index in [1.54, 1.807) is 0 Å². The molecule has 1 rings (SSSR count). The van der Waals surface area contributed by atoms with Gasteiger partial charge in [0.05, 0.1) is 24.9 Å². The Morgan fingerprint density at radius 3 is 1.96 bits per heavy atom. The molecule has 23 heavy (non-hydrogen) atoms. The van der Waals surface area contributed by atoms with Gasteiger partial charge in [-0.1, -0.05) is 65.2 Å². The van der Waals surface area contributed by atoms with E-state index in [0.29, 0.717) is 5.92 Å². The first kappa shape index (κ1) is 20.9. The summed E-state index contributed by atoms with van der Waals surface area (Å²) in [5, 5.41) is 31.7. The van der Waals surface area contributed by atoms with Crippen LogP contribution in [-0.2, 0) is 0 Å². The van der Waals surface area contributed by atoms with E-state index in [9.17, 15) is 10.2 Å². The van der Waals surface area contributed by atoms with E-state index in [-0.39, 0.29) is 30.9 Å². The molecule has 0 spiro atoms. The van der Waals surface area contributed by atoms with Crippen LogP contribution in [0.5, 0.6) is 0 Å². The van der Waals surface area contributed by atoms with E-state index in [1.807, 2.05) is 0 Å².